The standard InChI is InChI=1S/C18H24N6O/c1-23-16(6-7-22-23)17-13(3-2-10-24(17)14-4-5-14)11-21-18(25)15-12-19-8-9-20-15/h6-9,12-14,17H,2-5,10-11H2,1H3,(H,21,25)/t13-,17+/m0/s1. The Labute approximate surface area is 147 Å². The summed E-state index contributed by atoms with van der Waals surface area (Å²) in [5.74, 6) is 0.228. The smallest absolute Gasteiger partial charge is 0.271 e. The van der Waals surface area contributed by atoms with Crippen molar-refractivity contribution in [1.82, 2.24) is 30.0 Å². The van der Waals surface area contributed by atoms with Crippen molar-refractivity contribution < 1.29 is 4.79 Å². The van der Waals surface area contributed by atoms with Crippen molar-refractivity contribution in [2.75, 3.05) is 13.1 Å². The number of nitrogens with zero attached hydrogens (tertiary/aromatic N) is 5. The van der Waals surface area contributed by atoms with Crippen molar-refractivity contribution in [3.05, 3.63) is 42.2 Å². The molecular formula is C18H24N6O. The fourth-order valence-corrected chi connectivity index (χ4v) is 3.95. The lowest BCUT2D eigenvalue weighted by atomic mass is 9.86. The van der Waals surface area contributed by atoms with Gasteiger partial charge in [0, 0.05) is 38.2 Å². The van der Waals surface area contributed by atoms with E-state index in [1.165, 1.54) is 31.2 Å². The van der Waals surface area contributed by atoms with Gasteiger partial charge in [-0.3, -0.25) is 19.4 Å². The molecule has 2 aromatic heterocycles. The van der Waals surface area contributed by atoms with Crippen molar-refractivity contribution in [3.8, 4) is 0 Å². The molecule has 2 atom stereocenters. The largest absolute Gasteiger partial charge is 0.350 e. The molecule has 1 saturated carbocycles. The first kappa shape index (κ1) is 16.2. The number of amides is 1. The molecule has 0 aromatic carbocycles. The van der Waals surface area contributed by atoms with Crippen LogP contribution in [0.1, 0.15) is 47.9 Å². The highest BCUT2D eigenvalue weighted by atomic mass is 16.1. The van der Waals surface area contributed by atoms with Crippen LogP contribution < -0.4 is 5.32 Å². The quantitative estimate of drug-likeness (QED) is 0.894. The van der Waals surface area contributed by atoms with E-state index >= 15 is 0 Å². The number of nitrogens with one attached hydrogen (secondary N) is 1. The Morgan fingerprint density at radius 2 is 2.16 bits per heavy atom. The molecule has 1 N–H and O–H groups in total. The Morgan fingerprint density at radius 1 is 1.28 bits per heavy atom. The molecule has 2 fully saturated rings. The predicted octanol–water partition coefficient (Wildman–Crippen LogP) is 1.56. The van der Waals surface area contributed by atoms with Crippen LogP contribution in [-0.4, -0.2) is 49.7 Å². The third-order valence-electron chi connectivity index (χ3n) is 5.29. The molecule has 0 radical (unpaired) electrons. The molecule has 3 heterocycles. The first-order valence-corrected chi connectivity index (χ1v) is 9.02. The molecule has 25 heavy (non-hydrogen) atoms. The van der Waals surface area contributed by atoms with Gasteiger partial charge in [0.2, 0.25) is 0 Å². The Kier molecular flexibility index (Phi) is 4.48. The molecule has 7 nitrogen and oxygen atoms in total. The Bertz CT molecular complexity index is 726. The van der Waals surface area contributed by atoms with Crippen molar-refractivity contribution in [2.24, 2.45) is 13.0 Å². The number of hydrogen-bond donors (Lipinski definition) is 1. The zero-order valence-electron chi connectivity index (χ0n) is 14.5. The Morgan fingerprint density at radius 3 is 2.84 bits per heavy atom. The number of aromatic nitrogens is 4. The molecule has 7 heteroatoms. The summed E-state index contributed by atoms with van der Waals surface area (Å²) in [6.07, 6.45) is 11.3. The van der Waals surface area contributed by atoms with E-state index in [0.717, 1.165) is 13.0 Å². The van der Waals surface area contributed by atoms with Crippen molar-refractivity contribution in [2.45, 2.75) is 37.8 Å². The van der Waals surface area contributed by atoms with Gasteiger partial charge in [0.1, 0.15) is 5.69 Å². The Balaban J connectivity index is 1.50. The number of piperidine rings is 1. The lowest BCUT2D eigenvalue weighted by molar-refractivity contribution is 0.0725. The van der Waals surface area contributed by atoms with Crippen LogP contribution in [0.3, 0.4) is 0 Å². The average Bonchev–Trinajstić information content (AvgIpc) is 3.41. The maximum absolute atomic E-state index is 12.3. The number of aryl methyl sites for hydroxylation is 1. The minimum absolute atomic E-state index is 0.152. The second-order valence-corrected chi connectivity index (χ2v) is 7.00. The van der Waals surface area contributed by atoms with E-state index in [9.17, 15) is 4.79 Å². The maximum atomic E-state index is 12.3. The fraction of sp³-hybridized carbons (Fsp3) is 0.556. The van der Waals surface area contributed by atoms with Crippen LogP contribution >= 0.6 is 0 Å². The number of rotatable bonds is 5. The van der Waals surface area contributed by atoms with Crippen LogP contribution in [0, 0.1) is 5.92 Å². The topological polar surface area (TPSA) is 75.9 Å². The van der Waals surface area contributed by atoms with Gasteiger partial charge in [-0.1, -0.05) is 0 Å². The molecule has 1 aliphatic heterocycles. The summed E-state index contributed by atoms with van der Waals surface area (Å²) in [5.41, 5.74) is 1.61. The van der Waals surface area contributed by atoms with E-state index in [4.69, 9.17) is 0 Å². The highest BCUT2D eigenvalue weighted by Crippen LogP contribution is 2.42. The van der Waals surface area contributed by atoms with Gasteiger partial charge in [-0.05, 0) is 44.2 Å². The van der Waals surface area contributed by atoms with Gasteiger partial charge in [0.15, 0.2) is 0 Å². The van der Waals surface area contributed by atoms with Gasteiger partial charge >= 0.3 is 0 Å². The van der Waals surface area contributed by atoms with E-state index in [0.29, 0.717) is 30.2 Å². The van der Waals surface area contributed by atoms with Crippen molar-refractivity contribution >= 4 is 5.91 Å². The molecule has 1 amide bonds. The average molecular weight is 340 g/mol. The molecule has 2 aliphatic rings. The lowest BCUT2D eigenvalue weighted by Gasteiger charge is -2.41. The third kappa shape index (κ3) is 3.42. The number of carbonyl (C=O) groups is 1. The third-order valence-corrected chi connectivity index (χ3v) is 5.29. The van der Waals surface area contributed by atoms with Crippen molar-refractivity contribution in [1.29, 1.82) is 0 Å². The number of carbonyl (C=O) groups excluding carboxylic acids is 1. The molecule has 0 unspecified atom stereocenters. The van der Waals surface area contributed by atoms with Gasteiger partial charge in [0.25, 0.3) is 5.91 Å². The molecule has 132 valence electrons. The van der Waals surface area contributed by atoms with E-state index in [2.05, 4.69) is 31.3 Å². The molecule has 0 spiro atoms. The summed E-state index contributed by atoms with van der Waals surface area (Å²) in [4.78, 5) is 23.0. The molecule has 2 aromatic rings. The van der Waals surface area contributed by atoms with Gasteiger partial charge in [-0.15, -0.1) is 0 Å². The first-order chi connectivity index (χ1) is 12.2. The van der Waals surface area contributed by atoms with Crippen molar-refractivity contribution in [3.63, 3.8) is 0 Å². The lowest BCUT2D eigenvalue weighted by Crippen LogP contribution is -2.45. The Hall–Kier alpha value is -2.28. The fourth-order valence-electron chi connectivity index (χ4n) is 3.95. The van der Waals surface area contributed by atoms with Crippen LogP contribution in [-0.2, 0) is 7.05 Å². The van der Waals surface area contributed by atoms with Crippen LogP contribution in [0.25, 0.3) is 0 Å². The summed E-state index contributed by atoms with van der Waals surface area (Å²) in [6, 6.07) is 3.12. The summed E-state index contributed by atoms with van der Waals surface area (Å²) >= 11 is 0. The SMILES string of the molecule is Cn1nccc1[C@H]1[C@H](CNC(=O)c2cnccn2)CCCN1C1CC1. The normalized spacial score (nSPS) is 24.2. The summed E-state index contributed by atoms with van der Waals surface area (Å²) < 4.78 is 1.98. The summed E-state index contributed by atoms with van der Waals surface area (Å²) in [7, 11) is 2.00. The minimum atomic E-state index is -0.152. The number of hydrogen-bond acceptors (Lipinski definition) is 5. The molecule has 0 bridgehead atoms. The zero-order chi connectivity index (χ0) is 17.2. The van der Waals surface area contributed by atoms with Crippen LogP contribution in [0.4, 0.5) is 0 Å². The van der Waals surface area contributed by atoms with Crippen LogP contribution in [0.2, 0.25) is 0 Å². The van der Waals surface area contributed by atoms with Gasteiger partial charge in [0.05, 0.1) is 17.9 Å². The monoisotopic (exact) mass is 340 g/mol. The van der Waals surface area contributed by atoms with Gasteiger partial charge < -0.3 is 5.32 Å². The van der Waals surface area contributed by atoms with E-state index in [1.807, 2.05) is 17.9 Å². The zero-order valence-corrected chi connectivity index (χ0v) is 14.5. The van der Waals surface area contributed by atoms with E-state index < -0.39 is 0 Å². The van der Waals surface area contributed by atoms with Gasteiger partial charge in [-0.25, -0.2) is 4.98 Å². The molecule has 1 aliphatic carbocycles. The summed E-state index contributed by atoms with van der Waals surface area (Å²) in [6.45, 7) is 1.78. The first-order valence-electron chi connectivity index (χ1n) is 9.02. The molecule has 4 rings (SSSR count). The van der Waals surface area contributed by atoms with Crippen LogP contribution in [0.15, 0.2) is 30.9 Å². The van der Waals surface area contributed by atoms with E-state index in [-0.39, 0.29) is 5.91 Å². The molecule has 1 saturated heterocycles. The summed E-state index contributed by atoms with van der Waals surface area (Å²) in [5, 5.41) is 7.43. The molecular weight excluding hydrogens is 316 g/mol. The minimum Gasteiger partial charge on any atom is -0.350 e. The highest BCUT2D eigenvalue weighted by molar-refractivity contribution is 5.91. The maximum Gasteiger partial charge on any atom is 0.271 e. The van der Waals surface area contributed by atoms with Crippen LogP contribution in [0.5, 0.6) is 0 Å². The number of likely N-dealkylation sites (tertiary alicyclic amines) is 1. The van der Waals surface area contributed by atoms with Gasteiger partial charge in [-0.2, -0.15) is 5.10 Å². The second-order valence-electron chi connectivity index (χ2n) is 7.00. The second kappa shape index (κ2) is 6.92. The predicted molar refractivity (Wildman–Crippen MR) is 92.8 cm³/mol. The highest BCUT2D eigenvalue weighted by Gasteiger charge is 2.41. The van der Waals surface area contributed by atoms with E-state index in [1.54, 1.807) is 12.4 Å².